The lowest BCUT2D eigenvalue weighted by Crippen LogP contribution is -2.42. The summed E-state index contributed by atoms with van der Waals surface area (Å²) >= 11 is 1.54. The Balaban J connectivity index is 1.50. The van der Waals surface area contributed by atoms with Gasteiger partial charge in [0.15, 0.2) is 0 Å². The van der Waals surface area contributed by atoms with Crippen LogP contribution < -0.4 is 10.6 Å². The van der Waals surface area contributed by atoms with Gasteiger partial charge in [0, 0.05) is 43.0 Å². The summed E-state index contributed by atoms with van der Waals surface area (Å²) in [7, 11) is 1.81. The average molecular weight is 419 g/mol. The van der Waals surface area contributed by atoms with Gasteiger partial charge in [-0.1, -0.05) is 30.3 Å². The molecule has 1 atom stereocenters. The van der Waals surface area contributed by atoms with E-state index in [0.29, 0.717) is 18.8 Å². The number of amides is 1. The zero-order chi connectivity index (χ0) is 20.8. The van der Waals surface area contributed by atoms with E-state index < -0.39 is 6.04 Å². The second-order valence-electron chi connectivity index (χ2n) is 6.87. The Bertz CT molecular complexity index is 1080. The Labute approximate surface area is 178 Å². The van der Waals surface area contributed by atoms with Crippen LogP contribution in [0.25, 0.3) is 11.3 Å². The van der Waals surface area contributed by atoms with E-state index in [9.17, 15) is 4.79 Å². The van der Waals surface area contributed by atoms with E-state index >= 15 is 0 Å². The molecule has 1 unspecified atom stereocenters. The number of pyridine rings is 1. The van der Waals surface area contributed by atoms with Crippen molar-refractivity contribution in [1.82, 2.24) is 25.1 Å². The summed E-state index contributed by atoms with van der Waals surface area (Å²) in [6, 6.07) is 15.2. The molecule has 1 aromatic carbocycles. The Morgan fingerprint density at radius 3 is 2.70 bits per heavy atom. The van der Waals surface area contributed by atoms with Gasteiger partial charge in [-0.3, -0.25) is 19.8 Å². The summed E-state index contributed by atoms with van der Waals surface area (Å²) in [4.78, 5) is 21.5. The van der Waals surface area contributed by atoms with Crippen molar-refractivity contribution in [3.05, 3.63) is 83.1 Å². The first-order chi connectivity index (χ1) is 14.7. The predicted molar refractivity (Wildman–Crippen MR) is 118 cm³/mol. The number of nitrogens with zero attached hydrogens (tertiary/aromatic N) is 4. The second kappa shape index (κ2) is 9.43. The first-order valence-corrected chi connectivity index (χ1v) is 10.5. The van der Waals surface area contributed by atoms with E-state index in [0.717, 1.165) is 22.5 Å². The zero-order valence-electron chi connectivity index (χ0n) is 16.5. The Kier molecular flexibility index (Phi) is 6.26. The summed E-state index contributed by atoms with van der Waals surface area (Å²) in [6.45, 7) is 0.530. The smallest absolute Gasteiger partial charge is 0.243 e. The Hall–Kier alpha value is -3.36. The van der Waals surface area contributed by atoms with Crippen LogP contribution in [0.3, 0.4) is 0 Å². The van der Waals surface area contributed by atoms with E-state index in [-0.39, 0.29) is 5.91 Å². The highest BCUT2D eigenvalue weighted by molar-refractivity contribution is 7.07. The Morgan fingerprint density at radius 2 is 1.97 bits per heavy atom. The second-order valence-corrected chi connectivity index (χ2v) is 7.59. The van der Waals surface area contributed by atoms with Gasteiger partial charge in [0.25, 0.3) is 0 Å². The van der Waals surface area contributed by atoms with Crippen LogP contribution in [0.2, 0.25) is 0 Å². The minimum atomic E-state index is -0.409. The van der Waals surface area contributed by atoms with Crippen molar-refractivity contribution in [2.24, 2.45) is 7.05 Å². The molecule has 3 aromatic heterocycles. The standard InChI is InChI=1S/C22H22N6OS/c1-28-21(12-19(27-28)17-7-9-23-10-8-17)26-22(29)20(11-16-5-3-2-4-6-16)24-13-18-14-30-15-25-18/h2-10,12,14-15,20,24H,11,13H2,1H3,(H,26,29). The van der Waals surface area contributed by atoms with Gasteiger partial charge in [0.2, 0.25) is 5.91 Å². The van der Waals surface area contributed by atoms with Crippen LogP contribution in [0, 0.1) is 0 Å². The molecule has 0 saturated carbocycles. The van der Waals surface area contributed by atoms with Crippen molar-refractivity contribution < 1.29 is 4.79 Å². The maximum absolute atomic E-state index is 13.1. The molecule has 0 radical (unpaired) electrons. The minimum absolute atomic E-state index is 0.113. The third kappa shape index (κ3) is 4.97. The highest BCUT2D eigenvalue weighted by Gasteiger charge is 2.21. The number of thiazole rings is 1. The molecule has 1 amide bonds. The van der Waals surface area contributed by atoms with Gasteiger partial charge in [-0.25, -0.2) is 4.98 Å². The lowest BCUT2D eigenvalue weighted by atomic mass is 10.1. The number of aryl methyl sites for hydroxylation is 1. The van der Waals surface area contributed by atoms with Gasteiger partial charge in [-0.15, -0.1) is 11.3 Å². The predicted octanol–water partition coefficient (Wildman–Crippen LogP) is 3.28. The van der Waals surface area contributed by atoms with Crippen LogP contribution >= 0.6 is 11.3 Å². The van der Waals surface area contributed by atoms with E-state index in [2.05, 4.69) is 25.7 Å². The summed E-state index contributed by atoms with van der Waals surface area (Å²) < 4.78 is 1.67. The molecule has 8 heteroatoms. The summed E-state index contributed by atoms with van der Waals surface area (Å²) in [5.74, 6) is 0.527. The molecule has 0 fully saturated rings. The zero-order valence-corrected chi connectivity index (χ0v) is 17.3. The normalized spacial score (nSPS) is 11.9. The molecule has 30 heavy (non-hydrogen) atoms. The number of hydrogen-bond acceptors (Lipinski definition) is 6. The van der Waals surface area contributed by atoms with Gasteiger partial charge in [0.1, 0.15) is 5.82 Å². The highest BCUT2D eigenvalue weighted by Crippen LogP contribution is 2.21. The molecule has 0 spiro atoms. The average Bonchev–Trinajstić information content (AvgIpc) is 3.42. The largest absolute Gasteiger partial charge is 0.310 e. The maximum atomic E-state index is 13.1. The first-order valence-electron chi connectivity index (χ1n) is 9.59. The number of carbonyl (C=O) groups excluding carboxylic acids is 1. The van der Waals surface area contributed by atoms with Crippen LogP contribution in [-0.2, 0) is 24.8 Å². The molecule has 0 aliphatic heterocycles. The van der Waals surface area contributed by atoms with Crippen molar-refractivity contribution in [3.8, 4) is 11.3 Å². The maximum Gasteiger partial charge on any atom is 0.243 e. The molecule has 4 rings (SSSR count). The molecule has 7 nitrogen and oxygen atoms in total. The molecule has 152 valence electrons. The lowest BCUT2D eigenvalue weighted by molar-refractivity contribution is -0.118. The van der Waals surface area contributed by atoms with Crippen molar-refractivity contribution in [2.45, 2.75) is 19.0 Å². The minimum Gasteiger partial charge on any atom is -0.310 e. The molecule has 0 aliphatic rings. The number of hydrogen-bond donors (Lipinski definition) is 2. The topological polar surface area (TPSA) is 84.7 Å². The first kappa shape index (κ1) is 19.9. The van der Waals surface area contributed by atoms with Gasteiger partial charge in [-0.05, 0) is 24.1 Å². The number of carbonyl (C=O) groups is 1. The Morgan fingerprint density at radius 1 is 1.17 bits per heavy atom. The van der Waals surface area contributed by atoms with Crippen molar-refractivity contribution in [1.29, 1.82) is 0 Å². The van der Waals surface area contributed by atoms with Crippen LogP contribution in [-0.4, -0.2) is 31.7 Å². The van der Waals surface area contributed by atoms with Crippen molar-refractivity contribution >= 4 is 23.1 Å². The number of rotatable bonds is 8. The molecule has 4 aromatic rings. The van der Waals surface area contributed by atoms with Crippen LogP contribution in [0.4, 0.5) is 5.82 Å². The van der Waals surface area contributed by atoms with Crippen LogP contribution in [0.1, 0.15) is 11.3 Å². The molecule has 0 saturated heterocycles. The van der Waals surface area contributed by atoms with Crippen molar-refractivity contribution in [2.75, 3.05) is 5.32 Å². The number of nitrogens with one attached hydrogen (secondary N) is 2. The molecule has 2 N–H and O–H groups in total. The SMILES string of the molecule is Cn1nc(-c2ccncc2)cc1NC(=O)C(Cc1ccccc1)NCc1cscn1. The van der Waals surface area contributed by atoms with E-state index in [1.807, 2.05) is 61.0 Å². The highest BCUT2D eigenvalue weighted by atomic mass is 32.1. The molecular weight excluding hydrogens is 396 g/mol. The van der Waals surface area contributed by atoms with Gasteiger partial charge in [0.05, 0.1) is 22.9 Å². The fourth-order valence-corrected chi connectivity index (χ4v) is 3.68. The number of anilines is 1. The summed E-state index contributed by atoms with van der Waals surface area (Å²) in [6.07, 6.45) is 4.02. The number of aromatic nitrogens is 4. The van der Waals surface area contributed by atoms with Crippen LogP contribution in [0.5, 0.6) is 0 Å². The fraction of sp³-hybridized carbons (Fsp3) is 0.182. The monoisotopic (exact) mass is 418 g/mol. The number of benzene rings is 1. The van der Waals surface area contributed by atoms with E-state index in [1.165, 1.54) is 0 Å². The van der Waals surface area contributed by atoms with Gasteiger partial charge < -0.3 is 5.32 Å². The van der Waals surface area contributed by atoms with E-state index in [4.69, 9.17) is 0 Å². The van der Waals surface area contributed by atoms with Crippen molar-refractivity contribution in [3.63, 3.8) is 0 Å². The third-order valence-electron chi connectivity index (χ3n) is 4.72. The quantitative estimate of drug-likeness (QED) is 0.459. The third-order valence-corrected chi connectivity index (χ3v) is 5.35. The summed E-state index contributed by atoms with van der Waals surface area (Å²) in [5.41, 5.74) is 5.53. The summed E-state index contributed by atoms with van der Waals surface area (Å²) in [5, 5.41) is 12.8. The molecular formula is C22H22N6OS. The molecule has 0 aliphatic carbocycles. The molecule has 0 bridgehead atoms. The van der Waals surface area contributed by atoms with Gasteiger partial charge >= 0.3 is 0 Å². The fourth-order valence-electron chi connectivity index (χ4n) is 3.12. The van der Waals surface area contributed by atoms with Crippen LogP contribution in [0.15, 0.2) is 71.8 Å². The lowest BCUT2D eigenvalue weighted by Gasteiger charge is -2.18. The molecule has 3 heterocycles. The van der Waals surface area contributed by atoms with Gasteiger partial charge in [-0.2, -0.15) is 5.10 Å². The van der Waals surface area contributed by atoms with E-state index in [1.54, 1.807) is 33.9 Å².